The Bertz CT molecular complexity index is 1240. The Morgan fingerprint density at radius 1 is 1.16 bits per heavy atom. The van der Waals surface area contributed by atoms with E-state index in [-0.39, 0.29) is 14.9 Å². The van der Waals surface area contributed by atoms with Crippen molar-refractivity contribution in [2.24, 2.45) is 0 Å². The number of aromatic nitrogens is 1. The monoisotopic (exact) mass is 484 g/mol. The lowest BCUT2D eigenvalue weighted by Crippen LogP contribution is -2.48. The number of carbonyl (C=O) groups is 2. The fourth-order valence-electron chi connectivity index (χ4n) is 2.83. The minimum Gasteiger partial charge on any atom is -0.456 e. The Balaban J connectivity index is 1.71. The van der Waals surface area contributed by atoms with E-state index in [2.05, 4.69) is 9.71 Å². The Hall–Kier alpha value is -2.43. The van der Waals surface area contributed by atoms with E-state index in [9.17, 15) is 23.1 Å². The number of nitrogens with one attached hydrogen (secondary N) is 2. The molecule has 0 aliphatic carbocycles. The van der Waals surface area contributed by atoms with Crippen molar-refractivity contribution in [1.29, 1.82) is 0 Å². The first-order valence-corrected chi connectivity index (χ1v) is 11.3. The van der Waals surface area contributed by atoms with Crippen molar-refractivity contribution in [2.75, 3.05) is 6.61 Å². The third-order valence-electron chi connectivity index (χ3n) is 4.45. The summed E-state index contributed by atoms with van der Waals surface area (Å²) in [5, 5.41) is 10.7. The summed E-state index contributed by atoms with van der Waals surface area (Å²) in [6, 6.07) is 9.05. The largest absolute Gasteiger partial charge is 0.456 e. The molecule has 0 aliphatic rings. The topological polar surface area (TPSA) is 126 Å². The van der Waals surface area contributed by atoms with Gasteiger partial charge >= 0.3 is 5.97 Å². The van der Waals surface area contributed by atoms with E-state index in [1.54, 1.807) is 24.3 Å². The first-order chi connectivity index (χ1) is 14.6. The summed E-state index contributed by atoms with van der Waals surface area (Å²) in [6.07, 6.45) is 0.0632. The van der Waals surface area contributed by atoms with Crippen LogP contribution in [0.3, 0.4) is 0 Å². The lowest BCUT2D eigenvalue weighted by atomic mass is 10.1. The Morgan fingerprint density at radius 3 is 2.55 bits per heavy atom. The van der Waals surface area contributed by atoms with Crippen LogP contribution in [0.1, 0.15) is 17.3 Å². The molecule has 31 heavy (non-hydrogen) atoms. The number of ketones is 1. The summed E-state index contributed by atoms with van der Waals surface area (Å²) in [7, 11) is -4.24. The quantitative estimate of drug-likeness (QED) is 0.333. The summed E-state index contributed by atoms with van der Waals surface area (Å²) >= 11 is 11.6. The number of esters is 1. The maximum Gasteiger partial charge on any atom is 0.327 e. The number of aromatic amines is 1. The van der Waals surface area contributed by atoms with Crippen molar-refractivity contribution in [2.45, 2.75) is 24.0 Å². The number of carbonyl (C=O) groups excluding carboxylic acids is 2. The standard InChI is InChI=1S/C20H18Cl2N2O6S/c1-11(25)19(24-31(28,29)12-6-7-15(21)16(22)8-12)20(27)30-10-18(26)14-9-23-17-5-3-2-4-13(14)17/h2-9,11,19,23-25H,10H2,1H3/t11-,19-/m0/s1. The van der Waals surface area contributed by atoms with Crippen molar-refractivity contribution in [3.8, 4) is 0 Å². The van der Waals surface area contributed by atoms with E-state index in [1.165, 1.54) is 25.3 Å². The van der Waals surface area contributed by atoms with Gasteiger partial charge in [-0.2, -0.15) is 4.72 Å². The molecule has 0 fully saturated rings. The van der Waals surface area contributed by atoms with Gasteiger partial charge in [0.05, 0.1) is 21.0 Å². The highest BCUT2D eigenvalue weighted by Crippen LogP contribution is 2.25. The molecule has 8 nitrogen and oxygen atoms in total. The zero-order valence-corrected chi connectivity index (χ0v) is 18.5. The molecule has 1 aromatic heterocycles. The van der Waals surface area contributed by atoms with Crippen molar-refractivity contribution in [3.63, 3.8) is 0 Å². The maximum absolute atomic E-state index is 12.6. The van der Waals surface area contributed by atoms with E-state index in [0.717, 1.165) is 11.6 Å². The first-order valence-electron chi connectivity index (χ1n) is 9.01. The molecule has 0 spiro atoms. The number of hydrogen-bond donors (Lipinski definition) is 3. The number of sulfonamides is 1. The fraction of sp³-hybridized carbons (Fsp3) is 0.200. The number of para-hydroxylation sites is 1. The molecule has 0 saturated heterocycles. The minimum atomic E-state index is -4.24. The number of Topliss-reactive ketones (excluding diaryl/α,β-unsaturated/α-hetero) is 1. The number of ether oxygens (including phenoxy) is 1. The van der Waals surface area contributed by atoms with Crippen molar-refractivity contribution < 1.29 is 27.9 Å². The highest BCUT2D eigenvalue weighted by molar-refractivity contribution is 7.89. The predicted octanol–water partition coefficient (Wildman–Crippen LogP) is 2.93. The van der Waals surface area contributed by atoms with E-state index >= 15 is 0 Å². The number of H-pyrrole nitrogens is 1. The summed E-state index contributed by atoms with van der Waals surface area (Å²) in [4.78, 5) is 27.6. The van der Waals surface area contributed by atoms with E-state index in [4.69, 9.17) is 27.9 Å². The summed E-state index contributed by atoms with van der Waals surface area (Å²) in [6.45, 7) is 0.586. The molecule has 1 heterocycles. The third-order valence-corrected chi connectivity index (χ3v) is 6.63. The predicted molar refractivity (Wildman–Crippen MR) is 116 cm³/mol. The second-order valence-electron chi connectivity index (χ2n) is 6.69. The smallest absolute Gasteiger partial charge is 0.327 e. The van der Waals surface area contributed by atoms with E-state index in [1.807, 2.05) is 0 Å². The van der Waals surface area contributed by atoms with Gasteiger partial charge in [-0.25, -0.2) is 8.42 Å². The number of aliphatic hydroxyl groups excluding tert-OH is 1. The Labute approximate surface area is 188 Å². The normalized spacial score (nSPS) is 13.7. The van der Waals surface area contributed by atoms with Gasteiger partial charge in [0.25, 0.3) is 0 Å². The van der Waals surface area contributed by atoms with Gasteiger partial charge in [0, 0.05) is 22.7 Å². The molecule has 0 unspecified atom stereocenters. The highest BCUT2D eigenvalue weighted by atomic mass is 35.5. The minimum absolute atomic E-state index is 0.00467. The lowest BCUT2D eigenvalue weighted by molar-refractivity contribution is -0.147. The molecule has 0 aliphatic heterocycles. The second kappa shape index (κ2) is 9.37. The van der Waals surface area contributed by atoms with Crippen molar-refractivity contribution in [1.82, 2.24) is 9.71 Å². The van der Waals surface area contributed by atoms with Gasteiger partial charge in [-0.15, -0.1) is 0 Å². The molecular formula is C20H18Cl2N2O6S. The van der Waals surface area contributed by atoms with E-state index < -0.39 is 40.5 Å². The molecule has 3 aromatic rings. The van der Waals surface area contributed by atoms with Crippen LogP contribution in [0.15, 0.2) is 53.6 Å². The molecule has 11 heteroatoms. The van der Waals surface area contributed by atoms with E-state index in [0.29, 0.717) is 10.9 Å². The van der Waals surface area contributed by atoms with Crippen LogP contribution in [0.4, 0.5) is 0 Å². The van der Waals surface area contributed by atoms with Crippen LogP contribution in [0.25, 0.3) is 10.9 Å². The van der Waals surface area contributed by atoms with Crippen LogP contribution in [0.2, 0.25) is 10.0 Å². The van der Waals surface area contributed by atoms with Crippen LogP contribution in [0.5, 0.6) is 0 Å². The number of halogens is 2. The molecule has 2 atom stereocenters. The fourth-order valence-corrected chi connectivity index (χ4v) is 4.48. The summed E-state index contributed by atoms with van der Waals surface area (Å²) in [5.41, 5.74) is 1.07. The number of fused-ring (bicyclic) bond motifs is 1. The van der Waals surface area contributed by atoms with Gasteiger partial charge in [0.15, 0.2) is 6.61 Å². The van der Waals surface area contributed by atoms with Crippen LogP contribution in [-0.4, -0.2) is 49.0 Å². The van der Waals surface area contributed by atoms with Gasteiger partial charge in [-0.3, -0.25) is 9.59 Å². The number of hydrogen-bond acceptors (Lipinski definition) is 6. The van der Waals surface area contributed by atoms with Crippen LogP contribution in [-0.2, 0) is 19.6 Å². The van der Waals surface area contributed by atoms with Crippen LogP contribution >= 0.6 is 23.2 Å². The maximum atomic E-state index is 12.6. The van der Waals surface area contributed by atoms with Crippen molar-refractivity contribution >= 4 is 55.9 Å². The lowest BCUT2D eigenvalue weighted by Gasteiger charge is -2.20. The molecule has 0 bridgehead atoms. The van der Waals surface area contributed by atoms with Crippen LogP contribution in [0, 0.1) is 0 Å². The van der Waals surface area contributed by atoms with Gasteiger partial charge < -0.3 is 14.8 Å². The number of benzene rings is 2. The molecule has 0 amide bonds. The highest BCUT2D eigenvalue weighted by Gasteiger charge is 2.31. The number of aliphatic hydroxyl groups is 1. The second-order valence-corrected chi connectivity index (χ2v) is 9.22. The average molecular weight is 485 g/mol. The molecule has 3 N–H and O–H groups in total. The number of rotatable bonds is 8. The van der Waals surface area contributed by atoms with Gasteiger partial charge in [-0.1, -0.05) is 41.4 Å². The molecule has 3 rings (SSSR count). The zero-order chi connectivity index (χ0) is 22.8. The summed E-state index contributed by atoms with van der Waals surface area (Å²) in [5.74, 6) is -1.59. The molecule has 0 saturated carbocycles. The van der Waals surface area contributed by atoms with Gasteiger partial charge in [-0.05, 0) is 31.2 Å². The third kappa shape index (κ3) is 5.25. The molecular weight excluding hydrogens is 467 g/mol. The van der Waals surface area contributed by atoms with Gasteiger partial charge in [0.1, 0.15) is 6.04 Å². The Kier molecular flexibility index (Phi) is 7.03. The molecule has 0 radical (unpaired) electrons. The Morgan fingerprint density at radius 2 is 1.87 bits per heavy atom. The SMILES string of the molecule is C[C@H](O)[C@H](NS(=O)(=O)c1ccc(Cl)c(Cl)c1)C(=O)OCC(=O)c1c[nH]c2ccccc12. The van der Waals surface area contributed by atoms with Crippen molar-refractivity contribution in [3.05, 3.63) is 64.3 Å². The summed E-state index contributed by atoms with van der Waals surface area (Å²) < 4.78 is 32.2. The molecule has 164 valence electrons. The zero-order valence-electron chi connectivity index (χ0n) is 16.1. The average Bonchev–Trinajstić information content (AvgIpc) is 3.16. The van der Waals surface area contributed by atoms with Crippen LogP contribution < -0.4 is 4.72 Å². The molecule has 2 aromatic carbocycles. The van der Waals surface area contributed by atoms with Gasteiger partial charge in [0.2, 0.25) is 15.8 Å². The first kappa shape index (κ1) is 23.2.